The fourth-order valence-corrected chi connectivity index (χ4v) is 3.58. The van der Waals surface area contributed by atoms with E-state index < -0.39 is 0 Å². The van der Waals surface area contributed by atoms with Crippen LogP contribution >= 0.6 is 0 Å². The van der Waals surface area contributed by atoms with Gasteiger partial charge in [-0.15, -0.1) is 0 Å². The first-order chi connectivity index (χ1) is 11.2. The average Bonchev–Trinajstić information content (AvgIpc) is 2.95. The molecule has 0 saturated carbocycles. The zero-order chi connectivity index (χ0) is 16.2. The highest BCUT2D eigenvalue weighted by molar-refractivity contribution is 5.79. The molecule has 2 aliphatic heterocycles. The Morgan fingerprint density at radius 1 is 1.26 bits per heavy atom. The van der Waals surface area contributed by atoms with Crippen LogP contribution in [0.15, 0.2) is 24.3 Å². The molecule has 0 aliphatic carbocycles. The Kier molecular flexibility index (Phi) is 5.18. The number of carbonyl (C=O) groups excluding carboxylic acids is 1. The number of piperazine rings is 1. The van der Waals surface area contributed by atoms with Crippen LogP contribution in [0.4, 0.5) is 0 Å². The number of nitrogens with zero attached hydrogens (tertiary/aromatic N) is 3. The summed E-state index contributed by atoms with van der Waals surface area (Å²) in [7, 11) is 3.86. The van der Waals surface area contributed by atoms with Crippen molar-refractivity contribution in [2.24, 2.45) is 0 Å². The minimum atomic E-state index is 0.236. The van der Waals surface area contributed by atoms with E-state index in [2.05, 4.69) is 22.9 Å². The molecule has 23 heavy (non-hydrogen) atoms. The van der Waals surface area contributed by atoms with E-state index in [1.807, 2.05) is 23.1 Å². The molecule has 5 heteroatoms. The van der Waals surface area contributed by atoms with Gasteiger partial charge in [0.15, 0.2) is 0 Å². The Labute approximate surface area is 138 Å². The van der Waals surface area contributed by atoms with Crippen molar-refractivity contribution in [2.75, 3.05) is 46.9 Å². The number of methoxy groups -OCH3 is 1. The van der Waals surface area contributed by atoms with Crippen LogP contribution in [-0.2, 0) is 11.3 Å². The predicted octanol–water partition coefficient (Wildman–Crippen LogP) is 1.43. The number of ether oxygens (including phenoxy) is 1. The zero-order valence-electron chi connectivity index (χ0n) is 14.2. The highest BCUT2D eigenvalue weighted by Crippen LogP contribution is 2.18. The maximum absolute atomic E-state index is 12.5. The summed E-state index contributed by atoms with van der Waals surface area (Å²) in [5.74, 6) is 1.08. The molecule has 1 aromatic carbocycles. The Hall–Kier alpha value is -1.59. The maximum atomic E-state index is 12.5. The molecule has 5 nitrogen and oxygen atoms in total. The van der Waals surface area contributed by atoms with E-state index in [1.165, 1.54) is 19.4 Å². The smallest absolute Gasteiger partial charge is 0.237 e. The predicted molar refractivity (Wildman–Crippen MR) is 90.5 cm³/mol. The summed E-state index contributed by atoms with van der Waals surface area (Å²) in [6, 6.07) is 8.59. The molecule has 1 atom stereocenters. The van der Waals surface area contributed by atoms with E-state index in [-0.39, 0.29) is 5.91 Å². The molecule has 0 bridgehead atoms. The van der Waals surface area contributed by atoms with Crippen LogP contribution < -0.4 is 4.74 Å². The molecule has 0 aromatic heterocycles. The minimum Gasteiger partial charge on any atom is -0.497 e. The monoisotopic (exact) mass is 317 g/mol. The van der Waals surface area contributed by atoms with Gasteiger partial charge >= 0.3 is 0 Å². The summed E-state index contributed by atoms with van der Waals surface area (Å²) >= 11 is 0. The number of amides is 1. The van der Waals surface area contributed by atoms with Crippen molar-refractivity contribution in [1.82, 2.24) is 14.7 Å². The first kappa shape index (κ1) is 16.3. The average molecular weight is 317 g/mol. The molecule has 0 unspecified atom stereocenters. The summed E-state index contributed by atoms with van der Waals surface area (Å²) in [6.45, 7) is 5.22. The third-order valence-electron chi connectivity index (χ3n) is 5.05. The quantitative estimate of drug-likeness (QED) is 0.823. The molecule has 1 aromatic rings. The van der Waals surface area contributed by atoms with Crippen molar-refractivity contribution >= 4 is 5.91 Å². The van der Waals surface area contributed by atoms with Gasteiger partial charge in [0.2, 0.25) is 5.91 Å². The van der Waals surface area contributed by atoms with Crippen molar-refractivity contribution < 1.29 is 9.53 Å². The van der Waals surface area contributed by atoms with Crippen LogP contribution in [0.25, 0.3) is 0 Å². The Bertz CT molecular complexity index is 549. The Balaban J connectivity index is 1.53. The lowest BCUT2D eigenvalue weighted by molar-refractivity contribution is -0.136. The van der Waals surface area contributed by atoms with Gasteiger partial charge in [-0.2, -0.15) is 0 Å². The van der Waals surface area contributed by atoms with Crippen molar-refractivity contribution in [1.29, 1.82) is 0 Å². The van der Waals surface area contributed by atoms with Crippen LogP contribution in [0, 0.1) is 0 Å². The Morgan fingerprint density at radius 2 is 2.13 bits per heavy atom. The van der Waals surface area contributed by atoms with E-state index in [4.69, 9.17) is 4.74 Å². The van der Waals surface area contributed by atoms with Gasteiger partial charge in [-0.25, -0.2) is 0 Å². The maximum Gasteiger partial charge on any atom is 0.237 e. The second-order valence-corrected chi connectivity index (χ2v) is 6.68. The van der Waals surface area contributed by atoms with Crippen LogP contribution in [-0.4, -0.2) is 73.5 Å². The van der Waals surface area contributed by atoms with Crippen molar-refractivity contribution in [3.8, 4) is 5.75 Å². The lowest BCUT2D eigenvalue weighted by Crippen LogP contribution is -2.52. The molecule has 3 rings (SSSR count). The molecule has 2 fully saturated rings. The topological polar surface area (TPSA) is 36.0 Å². The molecular weight excluding hydrogens is 290 g/mol. The highest BCUT2D eigenvalue weighted by Gasteiger charge is 2.28. The van der Waals surface area contributed by atoms with E-state index >= 15 is 0 Å². The largest absolute Gasteiger partial charge is 0.497 e. The standard InChI is InChI=1S/C18H27N3O2/c1-19-8-4-6-16(19)13-20-9-10-21(18(22)14-20)12-15-5-3-7-17(11-15)23-2/h3,5,7,11,16H,4,6,8-10,12-14H2,1-2H3/t16-/m1/s1. The van der Waals surface area contributed by atoms with Crippen LogP contribution in [0.1, 0.15) is 18.4 Å². The van der Waals surface area contributed by atoms with E-state index in [0.29, 0.717) is 19.1 Å². The normalized spacial score (nSPS) is 23.5. The van der Waals surface area contributed by atoms with Gasteiger partial charge in [-0.05, 0) is 44.1 Å². The molecule has 1 amide bonds. The molecule has 0 N–H and O–H groups in total. The van der Waals surface area contributed by atoms with Gasteiger partial charge in [0, 0.05) is 32.2 Å². The second-order valence-electron chi connectivity index (χ2n) is 6.68. The lowest BCUT2D eigenvalue weighted by Gasteiger charge is -2.36. The van der Waals surface area contributed by atoms with Crippen LogP contribution in [0.5, 0.6) is 5.75 Å². The Morgan fingerprint density at radius 3 is 2.83 bits per heavy atom. The van der Waals surface area contributed by atoms with Gasteiger partial charge in [0.1, 0.15) is 5.75 Å². The minimum absolute atomic E-state index is 0.236. The number of carbonyl (C=O) groups is 1. The summed E-state index contributed by atoms with van der Waals surface area (Å²) in [5, 5.41) is 0. The zero-order valence-corrected chi connectivity index (χ0v) is 14.2. The fourth-order valence-electron chi connectivity index (χ4n) is 3.58. The lowest BCUT2D eigenvalue weighted by atomic mass is 10.1. The molecule has 0 radical (unpaired) electrons. The number of hydrogen-bond acceptors (Lipinski definition) is 4. The summed E-state index contributed by atoms with van der Waals surface area (Å²) < 4.78 is 5.26. The molecule has 2 saturated heterocycles. The summed E-state index contributed by atoms with van der Waals surface area (Å²) in [6.07, 6.45) is 2.54. The van der Waals surface area contributed by atoms with Crippen LogP contribution in [0.3, 0.4) is 0 Å². The van der Waals surface area contributed by atoms with Crippen molar-refractivity contribution in [3.05, 3.63) is 29.8 Å². The van der Waals surface area contributed by atoms with Crippen molar-refractivity contribution in [3.63, 3.8) is 0 Å². The number of rotatable bonds is 5. The van der Waals surface area contributed by atoms with Gasteiger partial charge in [-0.1, -0.05) is 12.1 Å². The van der Waals surface area contributed by atoms with Gasteiger partial charge < -0.3 is 14.5 Å². The van der Waals surface area contributed by atoms with Gasteiger partial charge in [-0.3, -0.25) is 9.69 Å². The number of likely N-dealkylation sites (tertiary alicyclic amines) is 1. The van der Waals surface area contributed by atoms with E-state index in [0.717, 1.165) is 30.9 Å². The molecule has 2 aliphatic rings. The SMILES string of the molecule is COc1cccc(CN2CCN(C[C@H]3CCCN3C)CC2=O)c1. The first-order valence-electron chi connectivity index (χ1n) is 8.49. The third kappa shape index (κ3) is 4.03. The van der Waals surface area contributed by atoms with Gasteiger partial charge in [0.25, 0.3) is 0 Å². The van der Waals surface area contributed by atoms with E-state index in [9.17, 15) is 4.79 Å². The molecule has 0 spiro atoms. The van der Waals surface area contributed by atoms with Gasteiger partial charge in [0.05, 0.1) is 13.7 Å². The summed E-state index contributed by atoms with van der Waals surface area (Å²) in [4.78, 5) is 19.2. The van der Waals surface area contributed by atoms with Crippen molar-refractivity contribution in [2.45, 2.75) is 25.4 Å². The van der Waals surface area contributed by atoms with E-state index in [1.54, 1.807) is 7.11 Å². The molecule has 2 heterocycles. The third-order valence-corrected chi connectivity index (χ3v) is 5.05. The van der Waals surface area contributed by atoms with Crippen LogP contribution in [0.2, 0.25) is 0 Å². The summed E-state index contributed by atoms with van der Waals surface area (Å²) in [5.41, 5.74) is 1.13. The second kappa shape index (κ2) is 7.32. The number of hydrogen-bond donors (Lipinski definition) is 0. The first-order valence-corrected chi connectivity index (χ1v) is 8.49. The molecule has 126 valence electrons. The molecular formula is C18H27N3O2. The number of likely N-dealkylation sites (N-methyl/N-ethyl adjacent to an activating group) is 1. The fraction of sp³-hybridized carbons (Fsp3) is 0.611. The highest BCUT2D eigenvalue weighted by atomic mass is 16.5. The number of benzene rings is 1.